The normalized spacial score (nSPS) is 33.2. The van der Waals surface area contributed by atoms with E-state index in [0.29, 0.717) is 17.5 Å². The van der Waals surface area contributed by atoms with Gasteiger partial charge >= 0.3 is 0 Å². The summed E-state index contributed by atoms with van der Waals surface area (Å²) in [5, 5.41) is 10.1. The lowest BCUT2D eigenvalue weighted by Gasteiger charge is -2.48. The molecule has 2 heteroatoms. The van der Waals surface area contributed by atoms with Crippen LogP contribution in [0, 0.1) is 17.3 Å². The van der Waals surface area contributed by atoms with Gasteiger partial charge in [0, 0.05) is 18.6 Å². The molecule has 3 atom stereocenters. The highest BCUT2D eigenvalue weighted by atomic mass is 16.3. The third-order valence-corrected chi connectivity index (χ3v) is 5.16. The summed E-state index contributed by atoms with van der Waals surface area (Å²) >= 11 is 0. The molecule has 0 aromatic heterocycles. The fourth-order valence-corrected chi connectivity index (χ4v) is 3.83. The van der Waals surface area contributed by atoms with E-state index in [1.165, 1.54) is 25.8 Å². The van der Waals surface area contributed by atoms with Crippen LogP contribution in [-0.2, 0) is 0 Å². The zero-order valence-corrected chi connectivity index (χ0v) is 13.5. The topological polar surface area (TPSA) is 23.5 Å². The van der Waals surface area contributed by atoms with Crippen LogP contribution in [0.25, 0.3) is 0 Å². The summed E-state index contributed by atoms with van der Waals surface area (Å²) in [4.78, 5) is 2.70. The highest BCUT2D eigenvalue weighted by molar-refractivity contribution is 4.94. The van der Waals surface area contributed by atoms with Crippen molar-refractivity contribution >= 4 is 0 Å². The number of hydrogen-bond donors (Lipinski definition) is 1. The average Bonchev–Trinajstić information content (AvgIpc) is 3.07. The third kappa shape index (κ3) is 3.95. The van der Waals surface area contributed by atoms with Crippen LogP contribution in [0.4, 0.5) is 0 Å². The van der Waals surface area contributed by atoms with E-state index in [4.69, 9.17) is 0 Å². The molecular weight excluding hydrogens is 234 g/mol. The molecule has 2 nitrogen and oxygen atoms in total. The molecule has 19 heavy (non-hydrogen) atoms. The molecule has 0 aromatic carbocycles. The molecule has 2 rings (SSSR count). The van der Waals surface area contributed by atoms with Crippen LogP contribution in [0.1, 0.15) is 66.7 Å². The predicted molar refractivity (Wildman–Crippen MR) is 81.2 cm³/mol. The van der Waals surface area contributed by atoms with Crippen molar-refractivity contribution in [2.24, 2.45) is 17.3 Å². The largest absolute Gasteiger partial charge is 0.393 e. The van der Waals surface area contributed by atoms with Gasteiger partial charge in [0.05, 0.1) is 6.10 Å². The maximum absolute atomic E-state index is 10.1. The fraction of sp³-hybridized carbons (Fsp3) is 1.00. The summed E-state index contributed by atoms with van der Waals surface area (Å²) in [5.74, 6) is 1.65. The molecule has 1 N–H and O–H groups in total. The molecular formula is C17H33NO. The Morgan fingerprint density at radius 3 is 2.21 bits per heavy atom. The highest BCUT2D eigenvalue weighted by Gasteiger charge is 2.41. The summed E-state index contributed by atoms with van der Waals surface area (Å²) in [7, 11) is 0. The lowest BCUT2D eigenvalue weighted by Crippen LogP contribution is -2.52. The second kappa shape index (κ2) is 5.73. The van der Waals surface area contributed by atoms with Gasteiger partial charge in [0.15, 0.2) is 0 Å². The lowest BCUT2D eigenvalue weighted by atomic mass is 9.68. The second-order valence-electron chi connectivity index (χ2n) is 8.24. The van der Waals surface area contributed by atoms with Crippen LogP contribution in [0.2, 0.25) is 0 Å². The molecule has 0 saturated heterocycles. The van der Waals surface area contributed by atoms with Crippen LogP contribution >= 0.6 is 0 Å². The van der Waals surface area contributed by atoms with E-state index >= 15 is 0 Å². The molecule has 0 heterocycles. The summed E-state index contributed by atoms with van der Waals surface area (Å²) in [6.07, 6.45) is 5.91. The van der Waals surface area contributed by atoms with Gasteiger partial charge < -0.3 is 5.11 Å². The zero-order valence-electron chi connectivity index (χ0n) is 13.5. The van der Waals surface area contributed by atoms with E-state index in [1.807, 2.05) is 0 Å². The summed E-state index contributed by atoms with van der Waals surface area (Å²) in [5.41, 5.74) is 0.349. The van der Waals surface area contributed by atoms with Crippen molar-refractivity contribution in [2.45, 2.75) is 84.9 Å². The van der Waals surface area contributed by atoms with Crippen molar-refractivity contribution in [3.8, 4) is 0 Å². The van der Waals surface area contributed by atoms with Crippen LogP contribution < -0.4 is 0 Å². The summed E-state index contributed by atoms with van der Waals surface area (Å²) < 4.78 is 0. The van der Waals surface area contributed by atoms with Crippen LogP contribution in [0.3, 0.4) is 0 Å². The fourth-order valence-electron chi connectivity index (χ4n) is 3.83. The minimum atomic E-state index is -0.0796. The molecule has 0 aromatic rings. The first-order valence-electron chi connectivity index (χ1n) is 8.23. The Labute approximate surface area is 119 Å². The average molecular weight is 267 g/mol. The molecule has 2 saturated carbocycles. The quantitative estimate of drug-likeness (QED) is 0.840. The monoisotopic (exact) mass is 267 g/mol. The van der Waals surface area contributed by atoms with Gasteiger partial charge in [-0.05, 0) is 63.2 Å². The number of aliphatic hydroxyl groups excluding tert-OH is 1. The highest BCUT2D eigenvalue weighted by Crippen LogP contribution is 2.42. The Balaban J connectivity index is 2.13. The molecule has 0 bridgehead atoms. The smallest absolute Gasteiger partial charge is 0.0555 e. The van der Waals surface area contributed by atoms with E-state index in [0.717, 1.165) is 24.7 Å². The van der Waals surface area contributed by atoms with Crippen LogP contribution in [0.15, 0.2) is 0 Å². The molecule has 0 spiro atoms. The lowest BCUT2D eigenvalue weighted by molar-refractivity contribution is -0.0249. The predicted octanol–water partition coefficient (Wildman–Crippen LogP) is 3.68. The molecule has 3 unspecified atom stereocenters. The molecule has 0 amide bonds. The number of aliphatic hydroxyl groups is 1. The SMILES string of the molecule is CC(C)N(CC1CC1)C1CC(O)CCC1C(C)(C)C. The Morgan fingerprint density at radius 1 is 1.11 bits per heavy atom. The minimum Gasteiger partial charge on any atom is -0.393 e. The van der Waals surface area contributed by atoms with E-state index in [1.54, 1.807) is 0 Å². The number of rotatable bonds is 4. The molecule has 0 radical (unpaired) electrons. The van der Waals surface area contributed by atoms with Gasteiger partial charge in [-0.2, -0.15) is 0 Å². The van der Waals surface area contributed by atoms with Gasteiger partial charge in [-0.3, -0.25) is 4.90 Å². The minimum absolute atomic E-state index is 0.0796. The molecule has 2 fully saturated rings. The van der Waals surface area contributed by atoms with Gasteiger partial charge in [-0.1, -0.05) is 20.8 Å². The van der Waals surface area contributed by atoms with E-state index in [9.17, 15) is 5.11 Å². The van der Waals surface area contributed by atoms with Crippen molar-refractivity contribution < 1.29 is 5.11 Å². The first-order chi connectivity index (χ1) is 8.79. The van der Waals surface area contributed by atoms with Crippen LogP contribution in [-0.4, -0.2) is 34.7 Å². The first-order valence-corrected chi connectivity index (χ1v) is 8.23. The maximum Gasteiger partial charge on any atom is 0.0555 e. The van der Waals surface area contributed by atoms with Crippen molar-refractivity contribution in [1.82, 2.24) is 4.90 Å². The first kappa shape index (κ1) is 15.3. The number of nitrogens with zero attached hydrogens (tertiary/aromatic N) is 1. The Kier molecular flexibility index (Phi) is 4.62. The van der Waals surface area contributed by atoms with Gasteiger partial charge in [0.1, 0.15) is 0 Å². The zero-order chi connectivity index (χ0) is 14.2. The Hall–Kier alpha value is -0.0800. The molecule has 112 valence electrons. The Morgan fingerprint density at radius 2 is 1.74 bits per heavy atom. The maximum atomic E-state index is 10.1. The summed E-state index contributed by atoms with van der Waals surface area (Å²) in [6, 6.07) is 1.17. The third-order valence-electron chi connectivity index (χ3n) is 5.16. The van der Waals surface area contributed by atoms with Crippen molar-refractivity contribution in [1.29, 1.82) is 0 Å². The standard InChI is InChI=1S/C17H33NO/c1-12(2)18(11-13-6-7-13)16-10-14(19)8-9-15(16)17(3,4)5/h12-16,19H,6-11H2,1-5H3. The Bertz CT molecular complexity index is 290. The van der Waals surface area contributed by atoms with Gasteiger partial charge in [-0.25, -0.2) is 0 Å². The van der Waals surface area contributed by atoms with Crippen LogP contribution in [0.5, 0.6) is 0 Å². The van der Waals surface area contributed by atoms with E-state index < -0.39 is 0 Å². The molecule has 2 aliphatic rings. The van der Waals surface area contributed by atoms with Crippen molar-refractivity contribution in [2.75, 3.05) is 6.54 Å². The van der Waals surface area contributed by atoms with Crippen molar-refractivity contribution in [3.63, 3.8) is 0 Å². The number of hydrogen-bond acceptors (Lipinski definition) is 2. The van der Waals surface area contributed by atoms with Gasteiger partial charge in [0.2, 0.25) is 0 Å². The molecule has 0 aliphatic heterocycles. The van der Waals surface area contributed by atoms with E-state index in [-0.39, 0.29) is 6.10 Å². The van der Waals surface area contributed by atoms with E-state index in [2.05, 4.69) is 39.5 Å². The van der Waals surface area contributed by atoms with Gasteiger partial charge in [-0.15, -0.1) is 0 Å². The summed E-state index contributed by atoms with van der Waals surface area (Å²) in [6.45, 7) is 13.0. The second-order valence-corrected chi connectivity index (χ2v) is 8.24. The van der Waals surface area contributed by atoms with Gasteiger partial charge in [0.25, 0.3) is 0 Å². The molecule has 2 aliphatic carbocycles. The van der Waals surface area contributed by atoms with Crippen molar-refractivity contribution in [3.05, 3.63) is 0 Å².